The fourth-order valence-corrected chi connectivity index (χ4v) is 2.40. The van der Waals surface area contributed by atoms with Gasteiger partial charge in [0.25, 0.3) is 5.91 Å². The third-order valence-corrected chi connectivity index (χ3v) is 3.64. The number of rotatable bonds is 6. The molecule has 3 heterocycles. The average Bonchev–Trinajstić information content (AvgIpc) is 3.36. The number of nitrogens with zero attached hydrogens (tertiary/aromatic N) is 4. The second-order valence-corrected chi connectivity index (χ2v) is 5.41. The number of aromatic nitrogens is 5. The Hall–Kier alpha value is -3.75. The highest BCUT2D eigenvalue weighted by Gasteiger charge is 2.13. The number of ether oxygens (including phenoxy) is 1. The van der Waals surface area contributed by atoms with Gasteiger partial charge in [0.1, 0.15) is 30.0 Å². The zero-order valence-corrected chi connectivity index (χ0v) is 13.5. The Labute approximate surface area is 147 Å². The summed E-state index contributed by atoms with van der Waals surface area (Å²) < 4.78 is 10.9. The molecule has 130 valence electrons. The molecule has 0 saturated heterocycles. The average molecular weight is 350 g/mol. The molecule has 26 heavy (non-hydrogen) atoms. The van der Waals surface area contributed by atoms with E-state index >= 15 is 0 Å². The van der Waals surface area contributed by atoms with Gasteiger partial charge in [-0.15, -0.1) is 0 Å². The van der Waals surface area contributed by atoms with Crippen LogP contribution < -0.4 is 10.1 Å². The number of nitrogens with one attached hydrogen (secondary N) is 2. The van der Waals surface area contributed by atoms with E-state index in [-0.39, 0.29) is 24.8 Å². The van der Waals surface area contributed by atoms with E-state index in [0.717, 1.165) is 10.9 Å². The number of amides is 1. The van der Waals surface area contributed by atoms with Crippen LogP contribution in [0.25, 0.3) is 10.9 Å². The zero-order chi connectivity index (χ0) is 17.8. The van der Waals surface area contributed by atoms with Crippen LogP contribution in [0.15, 0.2) is 53.4 Å². The van der Waals surface area contributed by atoms with Crippen LogP contribution in [0.2, 0.25) is 0 Å². The van der Waals surface area contributed by atoms with Crippen molar-refractivity contribution in [1.82, 2.24) is 30.6 Å². The third kappa shape index (κ3) is 3.36. The van der Waals surface area contributed by atoms with Crippen molar-refractivity contribution in [2.75, 3.05) is 0 Å². The van der Waals surface area contributed by atoms with Gasteiger partial charge in [0, 0.05) is 17.6 Å². The lowest BCUT2D eigenvalue weighted by Crippen LogP contribution is -2.23. The number of hydrogen-bond donors (Lipinski definition) is 2. The van der Waals surface area contributed by atoms with Crippen LogP contribution in [0.3, 0.4) is 0 Å². The second kappa shape index (κ2) is 7.01. The van der Waals surface area contributed by atoms with Crippen LogP contribution in [-0.4, -0.2) is 31.2 Å². The van der Waals surface area contributed by atoms with Gasteiger partial charge in [-0.25, -0.2) is 4.98 Å². The van der Waals surface area contributed by atoms with Crippen LogP contribution in [0.5, 0.6) is 5.75 Å². The van der Waals surface area contributed by atoms with Crippen molar-refractivity contribution in [3.05, 3.63) is 66.2 Å². The number of carbonyl (C=O) groups is 1. The maximum atomic E-state index is 12.1. The second-order valence-electron chi connectivity index (χ2n) is 5.41. The first-order chi connectivity index (χ1) is 12.8. The van der Waals surface area contributed by atoms with Crippen molar-refractivity contribution in [3.8, 4) is 5.75 Å². The molecule has 0 spiro atoms. The molecule has 0 aliphatic heterocycles. The Morgan fingerprint density at radius 3 is 3.04 bits per heavy atom. The van der Waals surface area contributed by atoms with Gasteiger partial charge in [0.2, 0.25) is 0 Å². The smallest absolute Gasteiger partial charge is 0.273 e. The Morgan fingerprint density at radius 1 is 1.23 bits per heavy atom. The van der Waals surface area contributed by atoms with E-state index in [0.29, 0.717) is 17.3 Å². The minimum Gasteiger partial charge on any atom is -0.483 e. The van der Waals surface area contributed by atoms with Crippen molar-refractivity contribution in [3.63, 3.8) is 0 Å². The Bertz CT molecular complexity index is 1020. The molecule has 0 unspecified atom stereocenters. The monoisotopic (exact) mass is 350 g/mol. The molecule has 9 nitrogen and oxygen atoms in total. The molecule has 0 bridgehead atoms. The molecule has 0 fully saturated rings. The topological polar surface area (TPSA) is 119 Å². The molecule has 4 rings (SSSR count). The van der Waals surface area contributed by atoms with Crippen molar-refractivity contribution in [2.24, 2.45) is 0 Å². The van der Waals surface area contributed by atoms with Gasteiger partial charge in [-0.05, 0) is 12.1 Å². The normalized spacial score (nSPS) is 10.8. The fourth-order valence-electron chi connectivity index (χ4n) is 2.40. The largest absolute Gasteiger partial charge is 0.483 e. The summed E-state index contributed by atoms with van der Waals surface area (Å²) in [4.78, 5) is 20.3. The van der Waals surface area contributed by atoms with Crippen molar-refractivity contribution in [2.45, 2.75) is 13.2 Å². The summed E-state index contributed by atoms with van der Waals surface area (Å²) in [6.07, 6.45) is 3.08. The van der Waals surface area contributed by atoms with E-state index in [1.807, 2.05) is 30.3 Å². The number of hydrogen-bond acceptors (Lipinski definition) is 7. The molecule has 0 saturated carbocycles. The van der Waals surface area contributed by atoms with Crippen molar-refractivity contribution < 1.29 is 14.1 Å². The molecule has 1 aromatic carbocycles. The number of aromatic amines is 1. The number of carbonyl (C=O) groups excluding carboxylic acids is 1. The van der Waals surface area contributed by atoms with Crippen LogP contribution in [0, 0.1) is 0 Å². The lowest BCUT2D eigenvalue weighted by Gasteiger charge is -2.06. The molecule has 2 N–H and O–H groups in total. The van der Waals surface area contributed by atoms with Gasteiger partial charge in [-0.1, -0.05) is 23.4 Å². The minimum absolute atomic E-state index is 0.137. The van der Waals surface area contributed by atoms with Crippen LogP contribution in [-0.2, 0) is 13.2 Å². The summed E-state index contributed by atoms with van der Waals surface area (Å²) in [5, 5.41) is 13.8. The van der Waals surface area contributed by atoms with Crippen LogP contribution in [0.1, 0.15) is 22.1 Å². The van der Waals surface area contributed by atoms with Gasteiger partial charge in [0.15, 0.2) is 11.5 Å². The highest BCUT2D eigenvalue weighted by molar-refractivity contribution is 5.92. The first-order valence-electron chi connectivity index (χ1n) is 7.84. The molecule has 0 aliphatic carbocycles. The Kier molecular flexibility index (Phi) is 4.25. The first kappa shape index (κ1) is 15.8. The molecule has 0 radical (unpaired) electrons. The number of benzene rings is 1. The summed E-state index contributed by atoms with van der Waals surface area (Å²) in [6.45, 7) is 0.358. The van der Waals surface area contributed by atoms with E-state index in [2.05, 4.69) is 30.6 Å². The van der Waals surface area contributed by atoms with Crippen LogP contribution >= 0.6 is 0 Å². The highest BCUT2D eigenvalue weighted by Crippen LogP contribution is 2.23. The third-order valence-electron chi connectivity index (χ3n) is 3.64. The molecule has 9 heteroatoms. The number of fused-ring (bicyclic) bond motifs is 1. The highest BCUT2D eigenvalue weighted by atomic mass is 16.5. The number of pyridine rings is 1. The van der Waals surface area contributed by atoms with E-state index in [4.69, 9.17) is 9.26 Å². The lowest BCUT2D eigenvalue weighted by atomic mass is 10.2. The van der Waals surface area contributed by atoms with Crippen molar-refractivity contribution >= 4 is 16.8 Å². The first-order valence-corrected chi connectivity index (χ1v) is 7.84. The predicted molar refractivity (Wildman–Crippen MR) is 90.1 cm³/mol. The lowest BCUT2D eigenvalue weighted by molar-refractivity contribution is 0.0940. The molecule has 1 amide bonds. The molecule has 0 aliphatic rings. The van der Waals surface area contributed by atoms with Gasteiger partial charge in [0.05, 0.1) is 6.54 Å². The van der Waals surface area contributed by atoms with Gasteiger partial charge >= 0.3 is 0 Å². The summed E-state index contributed by atoms with van der Waals surface area (Å²) in [5.74, 6) is 1.25. The van der Waals surface area contributed by atoms with Crippen LogP contribution in [0.4, 0.5) is 0 Å². The van der Waals surface area contributed by atoms with E-state index < -0.39 is 0 Å². The number of para-hydroxylation sites is 1. The summed E-state index contributed by atoms with van der Waals surface area (Å²) in [7, 11) is 0. The van der Waals surface area contributed by atoms with Gasteiger partial charge in [-0.3, -0.25) is 14.9 Å². The standard InChI is InChI=1S/C17H14N6O3/c24-17(19-8-15-20-10-21-22-15)13-7-12(26-23-13)9-25-14-5-1-3-11-4-2-6-18-16(11)14/h1-7,10H,8-9H2,(H,19,24)(H,20,21,22). The zero-order valence-electron chi connectivity index (χ0n) is 13.5. The molecular weight excluding hydrogens is 336 g/mol. The molecule has 0 atom stereocenters. The number of H-pyrrole nitrogens is 1. The SMILES string of the molecule is O=C(NCc1ncn[nH]1)c1cc(COc2cccc3cccnc23)on1. The Morgan fingerprint density at radius 2 is 2.15 bits per heavy atom. The molecule has 4 aromatic rings. The summed E-state index contributed by atoms with van der Waals surface area (Å²) in [6, 6.07) is 11.0. The summed E-state index contributed by atoms with van der Waals surface area (Å²) >= 11 is 0. The Balaban J connectivity index is 1.39. The fraction of sp³-hybridized carbons (Fsp3) is 0.118. The van der Waals surface area contributed by atoms with E-state index in [1.54, 1.807) is 6.20 Å². The maximum Gasteiger partial charge on any atom is 0.273 e. The quantitative estimate of drug-likeness (QED) is 0.544. The van der Waals surface area contributed by atoms with Gasteiger partial charge in [-0.2, -0.15) is 5.10 Å². The van der Waals surface area contributed by atoms with Gasteiger partial charge < -0.3 is 14.6 Å². The summed E-state index contributed by atoms with van der Waals surface area (Å²) in [5.41, 5.74) is 0.929. The van der Waals surface area contributed by atoms with E-state index in [9.17, 15) is 4.79 Å². The minimum atomic E-state index is -0.372. The molecule has 3 aromatic heterocycles. The van der Waals surface area contributed by atoms with E-state index in [1.165, 1.54) is 12.4 Å². The predicted octanol–water partition coefficient (Wildman–Crippen LogP) is 1.85. The molecular formula is C17H14N6O3. The van der Waals surface area contributed by atoms with Crippen molar-refractivity contribution in [1.29, 1.82) is 0 Å². The maximum absolute atomic E-state index is 12.1.